The van der Waals surface area contributed by atoms with E-state index in [1.807, 2.05) is 12.1 Å². The Bertz CT molecular complexity index is 532. The number of aromatic nitrogens is 1. The van der Waals surface area contributed by atoms with E-state index in [1.165, 1.54) is 0 Å². The number of nitrogens with one attached hydrogen (secondary N) is 1. The van der Waals surface area contributed by atoms with Gasteiger partial charge in [-0.2, -0.15) is 0 Å². The molecule has 0 aliphatic carbocycles. The highest BCUT2D eigenvalue weighted by Crippen LogP contribution is 2.15. The number of carbonyl (C=O) groups excluding carboxylic acids is 1. The maximum atomic E-state index is 11.5. The van der Waals surface area contributed by atoms with Crippen molar-refractivity contribution in [1.29, 1.82) is 0 Å². The molecular weight excluding hydrogens is 301 g/mol. The number of H-pyrrole nitrogens is 1. The summed E-state index contributed by atoms with van der Waals surface area (Å²) in [6, 6.07) is 10.5. The minimum Gasteiger partial charge on any atom is -1.00 e. The zero-order valence-electron chi connectivity index (χ0n) is 10.5. The third-order valence-electron chi connectivity index (χ3n) is 2.34. The first-order valence-corrected chi connectivity index (χ1v) is 6.11. The number of esters is 1. The molecular formula is C14H13Cl2NO3. The van der Waals surface area contributed by atoms with Gasteiger partial charge in [0, 0.05) is 11.1 Å². The van der Waals surface area contributed by atoms with Crippen molar-refractivity contribution in [3.8, 4) is 5.75 Å². The van der Waals surface area contributed by atoms with Gasteiger partial charge in [0.05, 0.1) is 5.56 Å². The number of benzene rings is 1. The Hall–Kier alpha value is -1.78. The van der Waals surface area contributed by atoms with Gasteiger partial charge in [0.25, 0.3) is 0 Å². The lowest BCUT2D eigenvalue weighted by Gasteiger charge is -2.06. The maximum Gasteiger partial charge on any atom is 0.344 e. The van der Waals surface area contributed by atoms with Crippen molar-refractivity contribution < 1.29 is 31.7 Å². The number of pyridine rings is 1. The second kappa shape index (κ2) is 8.40. The molecule has 106 valence electrons. The summed E-state index contributed by atoms with van der Waals surface area (Å²) in [6.07, 6.45) is 3.56. The summed E-state index contributed by atoms with van der Waals surface area (Å²) < 4.78 is 10.3. The van der Waals surface area contributed by atoms with Crippen LogP contribution in [0.15, 0.2) is 48.8 Å². The summed E-state index contributed by atoms with van der Waals surface area (Å²) in [4.78, 5) is 14.4. The third-order valence-corrected chi connectivity index (χ3v) is 2.59. The lowest BCUT2D eigenvalue weighted by atomic mass is 10.3. The highest BCUT2D eigenvalue weighted by Gasteiger charge is 2.05. The van der Waals surface area contributed by atoms with E-state index in [0.717, 1.165) is 5.56 Å². The first kappa shape index (κ1) is 16.3. The Morgan fingerprint density at radius 3 is 2.60 bits per heavy atom. The lowest BCUT2D eigenvalue weighted by Crippen LogP contribution is -3.00. The fourth-order valence-corrected chi connectivity index (χ4v) is 1.52. The predicted octanol–water partition coefficient (Wildman–Crippen LogP) is -0.720. The average molecular weight is 314 g/mol. The van der Waals surface area contributed by atoms with E-state index >= 15 is 0 Å². The molecule has 0 amide bonds. The zero-order chi connectivity index (χ0) is 13.5. The topological polar surface area (TPSA) is 49.7 Å². The molecule has 6 heteroatoms. The fraction of sp³-hybridized carbons (Fsp3) is 0.143. The molecule has 0 fully saturated rings. The Balaban J connectivity index is 0.00000200. The highest BCUT2D eigenvalue weighted by molar-refractivity contribution is 6.30. The second-order valence-electron chi connectivity index (χ2n) is 3.81. The zero-order valence-corrected chi connectivity index (χ0v) is 12.0. The SMILES string of the molecule is O=C(COc1ccc(Cl)cc1)OCc1ccc[nH+]c1.[Cl-]. The Morgan fingerprint density at radius 2 is 1.95 bits per heavy atom. The molecule has 4 nitrogen and oxygen atoms in total. The standard InChI is InChI=1S/C14H12ClNO3.ClH/c15-12-3-5-13(6-4-12)18-10-14(17)19-9-11-2-1-7-16-8-11;/h1-8H,9-10H2;1H. The molecule has 0 aliphatic heterocycles. The van der Waals surface area contributed by atoms with Crippen LogP contribution in [-0.4, -0.2) is 12.6 Å². The molecule has 0 bridgehead atoms. The number of hydrogen-bond donors (Lipinski definition) is 0. The summed E-state index contributed by atoms with van der Waals surface area (Å²) in [5.41, 5.74) is 0.891. The highest BCUT2D eigenvalue weighted by atomic mass is 35.5. The van der Waals surface area contributed by atoms with Crippen LogP contribution in [0.3, 0.4) is 0 Å². The molecule has 1 aromatic heterocycles. The van der Waals surface area contributed by atoms with Gasteiger partial charge in [0.2, 0.25) is 0 Å². The van der Waals surface area contributed by atoms with E-state index in [-0.39, 0.29) is 25.6 Å². The van der Waals surface area contributed by atoms with Crippen molar-refractivity contribution in [3.05, 3.63) is 59.4 Å². The van der Waals surface area contributed by atoms with E-state index in [9.17, 15) is 4.79 Å². The van der Waals surface area contributed by atoms with Crippen LogP contribution in [0.4, 0.5) is 0 Å². The summed E-state index contributed by atoms with van der Waals surface area (Å²) in [5.74, 6) is 0.160. The van der Waals surface area contributed by atoms with Crippen molar-refractivity contribution in [3.63, 3.8) is 0 Å². The van der Waals surface area contributed by atoms with E-state index in [2.05, 4.69) is 4.98 Å². The second-order valence-corrected chi connectivity index (χ2v) is 4.25. The number of aromatic amines is 1. The van der Waals surface area contributed by atoms with Crippen molar-refractivity contribution in [2.24, 2.45) is 0 Å². The summed E-state index contributed by atoms with van der Waals surface area (Å²) in [7, 11) is 0. The van der Waals surface area contributed by atoms with Gasteiger partial charge in [-0.25, -0.2) is 9.78 Å². The summed E-state index contributed by atoms with van der Waals surface area (Å²) >= 11 is 5.74. The van der Waals surface area contributed by atoms with Gasteiger partial charge in [-0.05, 0) is 30.3 Å². The van der Waals surface area contributed by atoms with Crippen LogP contribution in [0.25, 0.3) is 0 Å². The van der Waals surface area contributed by atoms with E-state index in [1.54, 1.807) is 36.7 Å². The molecule has 0 saturated heterocycles. The normalized spacial score (nSPS) is 9.45. The molecule has 1 aromatic carbocycles. The maximum absolute atomic E-state index is 11.5. The molecule has 0 aliphatic rings. The summed E-state index contributed by atoms with van der Waals surface area (Å²) in [6.45, 7) is 0.0956. The molecule has 1 N–H and O–H groups in total. The van der Waals surface area contributed by atoms with Crippen molar-refractivity contribution in [1.82, 2.24) is 0 Å². The molecule has 0 saturated carbocycles. The predicted molar refractivity (Wildman–Crippen MR) is 69.7 cm³/mol. The first-order valence-electron chi connectivity index (χ1n) is 5.73. The van der Waals surface area contributed by atoms with Crippen molar-refractivity contribution in [2.75, 3.05) is 6.61 Å². The quantitative estimate of drug-likeness (QED) is 0.685. The molecule has 0 unspecified atom stereocenters. The molecule has 0 spiro atoms. The van der Waals surface area contributed by atoms with Crippen molar-refractivity contribution in [2.45, 2.75) is 6.61 Å². The lowest BCUT2D eigenvalue weighted by molar-refractivity contribution is -0.379. The van der Waals surface area contributed by atoms with Gasteiger partial charge < -0.3 is 21.9 Å². The van der Waals surface area contributed by atoms with Crippen LogP contribution in [0.1, 0.15) is 5.56 Å². The monoisotopic (exact) mass is 313 g/mol. The number of carbonyl (C=O) groups is 1. The van der Waals surface area contributed by atoms with Gasteiger partial charge >= 0.3 is 5.97 Å². The fourth-order valence-electron chi connectivity index (χ4n) is 1.40. The Kier molecular flexibility index (Phi) is 6.84. The minimum absolute atomic E-state index is 0. The number of rotatable bonds is 5. The largest absolute Gasteiger partial charge is 1.00 e. The van der Waals surface area contributed by atoms with Gasteiger partial charge in [0.1, 0.15) is 12.4 Å². The number of halogens is 2. The van der Waals surface area contributed by atoms with Crippen LogP contribution < -0.4 is 22.1 Å². The average Bonchev–Trinajstić information content (AvgIpc) is 2.45. The summed E-state index contributed by atoms with van der Waals surface area (Å²) in [5, 5.41) is 0.621. The Morgan fingerprint density at radius 1 is 1.20 bits per heavy atom. The molecule has 2 rings (SSSR count). The van der Waals surface area contributed by atoms with Crippen LogP contribution in [0.2, 0.25) is 5.02 Å². The first-order chi connectivity index (χ1) is 9.24. The Labute approximate surface area is 128 Å². The molecule has 2 aromatic rings. The van der Waals surface area contributed by atoms with Gasteiger partial charge in [-0.15, -0.1) is 0 Å². The molecule has 20 heavy (non-hydrogen) atoms. The number of ether oxygens (including phenoxy) is 2. The van der Waals surface area contributed by atoms with E-state index < -0.39 is 5.97 Å². The van der Waals surface area contributed by atoms with Crippen LogP contribution in [0.5, 0.6) is 5.75 Å². The van der Waals surface area contributed by atoms with Gasteiger partial charge in [0.15, 0.2) is 19.0 Å². The number of hydrogen-bond acceptors (Lipinski definition) is 3. The van der Waals surface area contributed by atoms with Gasteiger partial charge in [-0.1, -0.05) is 11.6 Å². The van der Waals surface area contributed by atoms with Crippen LogP contribution >= 0.6 is 11.6 Å². The van der Waals surface area contributed by atoms with Crippen molar-refractivity contribution >= 4 is 17.6 Å². The molecule has 0 radical (unpaired) electrons. The smallest absolute Gasteiger partial charge is 0.344 e. The third kappa shape index (κ3) is 5.47. The van der Waals surface area contributed by atoms with Crippen LogP contribution in [-0.2, 0) is 16.1 Å². The molecule has 0 atom stereocenters. The van der Waals surface area contributed by atoms with E-state index in [0.29, 0.717) is 10.8 Å². The van der Waals surface area contributed by atoms with E-state index in [4.69, 9.17) is 21.1 Å². The molecule has 1 heterocycles. The van der Waals surface area contributed by atoms with Gasteiger partial charge in [-0.3, -0.25) is 0 Å². The van der Waals surface area contributed by atoms with Crippen LogP contribution in [0, 0.1) is 0 Å². The minimum atomic E-state index is -0.418.